The molecule has 5 rings (SSSR count). The number of rotatable bonds is 3. The van der Waals surface area contributed by atoms with Crippen LogP contribution < -0.4 is 5.43 Å². The second-order valence-corrected chi connectivity index (χ2v) is 5.90. The Bertz CT molecular complexity index is 1240. The number of ketones is 2. The summed E-state index contributed by atoms with van der Waals surface area (Å²) in [4.78, 5) is 26.4. The molecular weight excluding hydrogens is 346 g/mol. The van der Waals surface area contributed by atoms with Gasteiger partial charge in [0.15, 0.2) is 0 Å². The zero-order chi connectivity index (χ0) is 18.4. The van der Waals surface area contributed by atoms with Gasteiger partial charge in [0.25, 0.3) is 0 Å². The molecule has 2 aromatic carbocycles. The summed E-state index contributed by atoms with van der Waals surface area (Å²) in [5, 5.41) is 15.6. The first kappa shape index (κ1) is 15.1. The molecule has 0 unspecified atom stereocenters. The summed E-state index contributed by atoms with van der Waals surface area (Å²) < 4.78 is 2.78. The van der Waals surface area contributed by atoms with E-state index in [1.807, 2.05) is 12.1 Å². The van der Waals surface area contributed by atoms with E-state index in [2.05, 4.69) is 25.9 Å². The van der Waals surface area contributed by atoms with Crippen molar-refractivity contribution in [2.45, 2.75) is 0 Å². The van der Waals surface area contributed by atoms with E-state index in [-0.39, 0.29) is 23.0 Å². The van der Waals surface area contributed by atoms with Gasteiger partial charge in [-0.3, -0.25) is 15.0 Å². The van der Waals surface area contributed by atoms with E-state index in [1.165, 1.54) is 22.0 Å². The highest BCUT2D eigenvalue weighted by molar-refractivity contribution is 6.38. The SMILES string of the molecule is O=C1C(Nn2cnnc2)=C(n2nnc3ccccc32)C(=O)c2ccccc21. The summed E-state index contributed by atoms with van der Waals surface area (Å²) in [5.41, 5.74) is 4.96. The summed E-state index contributed by atoms with van der Waals surface area (Å²) in [6.45, 7) is 0. The van der Waals surface area contributed by atoms with E-state index >= 15 is 0 Å². The molecule has 2 aromatic heterocycles. The van der Waals surface area contributed by atoms with Crippen molar-refractivity contribution in [1.82, 2.24) is 29.9 Å². The Balaban J connectivity index is 1.79. The zero-order valence-corrected chi connectivity index (χ0v) is 13.8. The average Bonchev–Trinajstić information content (AvgIpc) is 3.36. The first-order chi connectivity index (χ1) is 13.2. The molecule has 0 saturated carbocycles. The third-order valence-corrected chi connectivity index (χ3v) is 4.32. The van der Waals surface area contributed by atoms with Gasteiger partial charge in [-0.15, -0.1) is 15.3 Å². The van der Waals surface area contributed by atoms with Gasteiger partial charge >= 0.3 is 0 Å². The molecule has 4 aromatic rings. The molecule has 1 aliphatic carbocycles. The van der Waals surface area contributed by atoms with Crippen LogP contribution in [0.15, 0.2) is 66.9 Å². The molecule has 9 nitrogen and oxygen atoms in total. The molecule has 130 valence electrons. The first-order valence-corrected chi connectivity index (χ1v) is 8.09. The topological polar surface area (TPSA) is 108 Å². The van der Waals surface area contributed by atoms with Crippen LogP contribution >= 0.6 is 0 Å². The lowest BCUT2D eigenvalue weighted by molar-refractivity contribution is 0.0987. The number of hydrogen-bond acceptors (Lipinski definition) is 7. The number of Topliss-reactive ketones (excluding diaryl/α,β-unsaturated/α-hetero) is 2. The van der Waals surface area contributed by atoms with Gasteiger partial charge in [-0.25, -0.2) is 9.36 Å². The molecule has 0 saturated heterocycles. The number of allylic oxidation sites excluding steroid dienone is 2. The number of benzene rings is 2. The molecule has 0 spiro atoms. The van der Waals surface area contributed by atoms with Crippen molar-refractivity contribution in [3.8, 4) is 0 Å². The zero-order valence-electron chi connectivity index (χ0n) is 13.8. The lowest BCUT2D eigenvalue weighted by atomic mass is 9.90. The van der Waals surface area contributed by atoms with E-state index in [4.69, 9.17) is 0 Å². The number of nitrogens with one attached hydrogen (secondary N) is 1. The van der Waals surface area contributed by atoms with Crippen molar-refractivity contribution in [3.05, 3.63) is 78.0 Å². The van der Waals surface area contributed by atoms with Crippen LogP contribution in [0.25, 0.3) is 16.7 Å². The van der Waals surface area contributed by atoms with Crippen LogP contribution in [0.3, 0.4) is 0 Å². The summed E-state index contributed by atoms with van der Waals surface area (Å²) >= 11 is 0. The number of carbonyl (C=O) groups is 2. The van der Waals surface area contributed by atoms with Crippen LogP contribution in [-0.4, -0.2) is 41.4 Å². The molecule has 0 radical (unpaired) electrons. The van der Waals surface area contributed by atoms with Crippen molar-refractivity contribution in [1.29, 1.82) is 0 Å². The van der Waals surface area contributed by atoms with Gasteiger partial charge in [0.2, 0.25) is 11.6 Å². The number of hydrogen-bond donors (Lipinski definition) is 1. The monoisotopic (exact) mass is 357 g/mol. The van der Waals surface area contributed by atoms with E-state index < -0.39 is 0 Å². The summed E-state index contributed by atoms with van der Waals surface area (Å²) in [6, 6.07) is 13.9. The van der Waals surface area contributed by atoms with E-state index in [0.29, 0.717) is 22.2 Å². The van der Waals surface area contributed by atoms with E-state index in [1.54, 1.807) is 36.4 Å². The first-order valence-electron chi connectivity index (χ1n) is 8.09. The summed E-state index contributed by atoms with van der Waals surface area (Å²) in [5.74, 6) is -0.648. The fourth-order valence-electron chi connectivity index (χ4n) is 3.09. The van der Waals surface area contributed by atoms with Crippen molar-refractivity contribution < 1.29 is 9.59 Å². The molecule has 27 heavy (non-hydrogen) atoms. The highest BCUT2D eigenvalue weighted by Gasteiger charge is 2.35. The maximum absolute atomic E-state index is 13.3. The minimum atomic E-state index is -0.325. The van der Waals surface area contributed by atoms with Gasteiger partial charge in [0.1, 0.15) is 29.6 Å². The Labute approximate surface area is 151 Å². The second-order valence-electron chi connectivity index (χ2n) is 5.90. The normalized spacial score (nSPS) is 13.9. The molecular formula is C18H11N7O2. The number of fused-ring (bicyclic) bond motifs is 2. The highest BCUT2D eigenvalue weighted by atomic mass is 16.1. The number of aromatic nitrogens is 6. The van der Waals surface area contributed by atoms with Gasteiger partial charge in [0.05, 0.1) is 5.52 Å². The predicted octanol–water partition coefficient (Wildman–Crippen LogP) is 1.51. The Morgan fingerprint density at radius 1 is 0.815 bits per heavy atom. The Kier molecular flexibility index (Phi) is 3.20. The number of para-hydroxylation sites is 1. The van der Waals surface area contributed by atoms with Crippen LogP contribution in [0.2, 0.25) is 0 Å². The summed E-state index contributed by atoms with van der Waals surface area (Å²) in [6.07, 6.45) is 2.78. The lowest BCUT2D eigenvalue weighted by Crippen LogP contribution is -2.31. The standard InChI is InChI=1S/C18H11N7O2/c26-17-11-5-1-2-6-12(11)18(27)16(15(17)22-24-9-19-20-10-24)25-14-8-4-3-7-13(14)21-23-25/h1-10,22H. The Hall–Kier alpha value is -4.14. The van der Waals surface area contributed by atoms with Crippen molar-refractivity contribution >= 4 is 28.3 Å². The highest BCUT2D eigenvalue weighted by Crippen LogP contribution is 2.29. The van der Waals surface area contributed by atoms with Gasteiger partial charge < -0.3 is 0 Å². The maximum atomic E-state index is 13.3. The van der Waals surface area contributed by atoms with Gasteiger partial charge in [-0.05, 0) is 12.1 Å². The molecule has 0 aliphatic heterocycles. The smallest absolute Gasteiger partial charge is 0.214 e. The fraction of sp³-hybridized carbons (Fsp3) is 0. The van der Waals surface area contributed by atoms with Crippen LogP contribution in [0.5, 0.6) is 0 Å². The van der Waals surface area contributed by atoms with Gasteiger partial charge in [-0.1, -0.05) is 41.6 Å². The molecule has 0 bridgehead atoms. The molecule has 0 fully saturated rings. The largest absolute Gasteiger partial charge is 0.287 e. The van der Waals surface area contributed by atoms with Crippen molar-refractivity contribution in [2.75, 3.05) is 5.43 Å². The van der Waals surface area contributed by atoms with E-state index in [9.17, 15) is 9.59 Å². The molecule has 2 heterocycles. The van der Waals surface area contributed by atoms with E-state index in [0.717, 1.165) is 0 Å². The average molecular weight is 357 g/mol. The van der Waals surface area contributed by atoms with Crippen LogP contribution in [-0.2, 0) is 0 Å². The van der Waals surface area contributed by atoms with Gasteiger partial charge in [0, 0.05) is 11.1 Å². The van der Waals surface area contributed by atoms with Gasteiger partial charge in [-0.2, -0.15) is 0 Å². The van der Waals surface area contributed by atoms with Crippen molar-refractivity contribution in [3.63, 3.8) is 0 Å². The van der Waals surface area contributed by atoms with Crippen molar-refractivity contribution in [2.24, 2.45) is 0 Å². The maximum Gasteiger partial charge on any atom is 0.214 e. The number of carbonyl (C=O) groups excluding carboxylic acids is 2. The third kappa shape index (κ3) is 2.25. The minimum Gasteiger partial charge on any atom is -0.287 e. The quantitative estimate of drug-likeness (QED) is 0.592. The lowest BCUT2D eigenvalue weighted by Gasteiger charge is -2.21. The fourth-order valence-corrected chi connectivity index (χ4v) is 3.09. The molecule has 0 amide bonds. The predicted molar refractivity (Wildman–Crippen MR) is 95.2 cm³/mol. The Morgan fingerprint density at radius 2 is 1.48 bits per heavy atom. The summed E-state index contributed by atoms with van der Waals surface area (Å²) in [7, 11) is 0. The molecule has 0 atom stereocenters. The molecule has 1 N–H and O–H groups in total. The Morgan fingerprint density at radius 3 is 2.26 bits per heavy atom. The van der Waals surface area contributed by atoms with Crippen LogP contribution in [0.4, 0.5) is 0 Å². The minimum absolute atomic E-state index is 0.0779. The second kappa shape index (κ2) is 5.70. The van der Waals surface area contributed by atoms with Crippen LogP contribution in [0.1, 0.15) is 20.7 Å². The molecule has 1 aliphatic rings. The molecule has 9 heteroatoms. The van der Waals surface area contributed by atoms with Crippen LogP contribution in [0, 0.1) is 0 Å². The number of nitrogens with zero attached hydrogens (tertiary/aromatic N) is 6. The third-order valence-electron chi connectivity index (χ3n) is 4.32.